The lowest BCUT2D eigenvalue weighted by Crippen LogP contribution is -2.23. The minimum atomic E-state index is -3.58. The van der Waals surface area contributed by atoms with Gasteiger partial charge in [0.05, 0.1) is 4.90 Å². The maximum atomic E-state index is 12.2. The number of sulfonamides is 1. The Balaban J connectivity index is 2.19. The largest absolute Gasteiger partial charge is 0.398 e. The summed E-state index contributed by atoms with van der Waals surface area (Å²) in [4.78, 5) is 4.15. The van der Waals surface area contributed by atoms with Gasteiger partial charge in [0.25, 0.3) is 0 Å². The predicted molar refractivity (Wildman–Crippen MR) is 81.6 cm³/mol. The summed E-state index contributed by atoms with van der Waals surface area (Å²) < 4.78 is 27.5. The molecule has 5 nitrogen and oxygen atoms in total. The van der Waals surface area contributed by atoms with Gasteiger partial charge < -0.3 is 5.73 Å². The van der Waals surface area contributed by atoms with Crippen molar-refractivity contribution >= 4 is 31.6 Å². The van der Waals surface area contributed by atoms with E-state index in [1.807, 2.05) is 13.0 Å². The molecular weight excluding hydrogens is 342 g/mol. The molecule has 2 aromatic rings. The first-order valence-corrected chi connectivity index (χ1v) is 8.12. The van der Waals surface area contributed by atoms with Gasteiger partial charge in [-0.1, -0.05) is 0 Å². The number of benzene rings is 1. The number of pyridine rings is 1. The van der Waals surface area contributed by atoms with Crippen molar-refractivity contribution in [3.63, 3.8) is 0 Å². The molecule has 0 aliphatic heterocycles. The Morgan fingerprint density at radius 2 is 2.10 bits per heavy atom. The monoisotopic (exact) mass is 355 g/mol. The Hall–Kier alpha value is -1.44. The summed E-state index contributed by atoms with van der Waals surface area (Å²) in [6.07, 6.45) is 3.32. The third kappa shape index (κ3) is 3.36. The molecule has 0 saturated heterocycles. The molecule has 0 spiro atoms. The third-order valence-electron chi connectivity index (χ3n) is 2.88. The topological polar surface area (TPSA) is 85.1 Å². The van der Waals surface area contributed by atoms with Crippen molar-refractivity contribution in [1.82, 2.24) is 9.71 Å². The van der Waals surface area contributed by atoms with E-state index in [0.717, 1.165) is 11.1 Å². The van der Waals surface area contributed by atoms with Crippen LogP contribution in [0.5, 0.6) is 0 Å². The number of hydrogen-bond acceptors (Lipinski definition) is 4. The number of anilines is 1. The number of nitrogen functional groups attached to an aromatic ring is 1. The molecular formula is C13H14BrN3O2S. The maximum absolute atomic E-state index is 12.2. The smallest absolute Gasteiger partial charge is 0.240 e. The van der Waals surface area contributed by atoms with Crippen molar-refractivity contribution in [3.05, 3.63) is 52.3 Å². The lowest BCUT2D eigenvalue weighted by Gasteiger charge is -2.09. The SMILES string of the molecule is Cc1ccncc1CNS(=O)(=O)c1ccc(N)c(Br)c1. The second-order valence-corrected chi connectivity index (χ2v) is 6.93. The van der Waals surface area contributed by atoms with E-state index in [-0.39, 0.29) is 11.4 Å². The molecule has 0 atom stereocenters. The standard InChI is InChI=1S/C13H14BrN3O2S/c1-9-4-5-16-7-10(9)8-17-20(18,19)11-2-3-13(15)12(14)6-11/h2-7,17H,8,15H2,1H3. The van der Waals surface area contributed by atoms with Gasteiger partial charge in [-0.2, -0.15) is 0 Å². The van der Waals surface area contributed by atoms with Gasteiger partial charge >= 0.3 is 0 Å². The van der Waals surface area contributed by atoms with Crippen LogP contribution >= 0.6 is 15.9 Å². The molecule has 0 bridgehead atoms. The summed E-state index contributed by atoms with van der Waals surface area (Å²) in [6, 6.07) is 6.34. The summed E-state index contributed by atoms with van der Waals surface area (Å²) in [7, 11) is -3.58. The lowest BCUT2D eigenvalue weighted by atomic mass is 10.2. The van der Waals surface area contributed by atoms with Crippen molar-refractivity contribution in [2.24, 2.45) is 0 Å². The highest BCUT2D eigenvalue weighted by atomic mass is 79.9. The number of nitrogens with one attached hydrogen (secondary N) is 1. The zero-order valence-corrected chi connectivity index (χ0v) is 13.2. The maximum Gasteiger partial charge on any atom is 0.240 e. The molecule has 0 unspecified atom stereocenters. The predicted octanol–water partition coefficient (Wildman–Crippen LogP) is 2.21. The van der Waals surface area contributed by atoms with E-state index in [0.29, 0.717) is 10.2 Å². The Kier molecular flexibility index (Phi) is 4.42. The molecule has 3 N–H and O–H groups in total. The first kappa shape index (κ1) is 15.0. The molecule has 20 heavy (non-hydrogen) atoms. The van der Waals surface area contributed by atoms with E-state index in [1.54, 1.807) is 18.5 Å². The van der Waals surface area contributed by atoms with Gasteiger partial charge in [-0.15, -0.1) is 0 Å². The van der Waals surface area contributed by atoms with Gasteiger partial charge in [-0.05, 0) is 58.2 Å². The number of nitrogens with two attached hydrogens (primary N) is 1. The first-order valence-electron chi connectivity index (χ1n) is 5.84. The number of nitrogens with zero attached hydrogens (tertiary/aromatic N) is 1. The van der Waals surface area contributed by atoms with Crippen molar-refractivity contribution < 1.29 is 8.42 Å². The van der Waals surface area contributed by atoms with Gasteiger partial charge in [0, 0.05) is 29.1 Å². The van der Waals surface area contributed by atoms with Crippen LogP contribution in [0, 0.1) is 6.92 Å². The fourth-order valence-corrected chi connectivity index (χ4v) is 3.18. The van der Waals surface area contributed by atoms with Gasteiger partial charge in [0.15, 0.2) is 0 Å². The third-order valence-corrected chi connectivity index (χ3v) is 4.97. The number of aromatic nitrogens is 1. The zero-order valence-electron chi connectivity index (χ0n) is 10.8. The quantitative estimate of drug-likeness (QED) is 0.823. The van der Waals surface area contributed by atoms with E-state index < -0.39 is 10.0 Å². The minimum absolute atomic E-state index is 0.167. The molecule has 0 aliphatic rings. The summed E-state index contributed by atoms with van der Waals surface area (Å²) in [5.41, 5.74) is 7.96. The number of aryl methyl sites for hydroxylation is 1. The van der Waals surface area contributed by atoms with E-state index in [4.69, 9.17) is 5.73 Å². The normalized spacial score (nSPS) is 11.5. The Bertz CT molecular complexity index is 732. The lowest BCUT2D eigenvalue weighted by molar-refractivity contribution is 0.581. The molecule has 106 valence electrons. The molecule has 1 aromatic carbocycles. The molecule has 0 fully saturated rings. The molecule has 0 radical (unpaired) electrons. The molecule has 0 amide bonds. The Morgan fingerprint density at radius 3 is 2.75 bits per heavy atom. The summed E-state index contributed by atoms with van der Waals surface area (Å²) in [6.45, 7) is 2.11. The van der Waals surface area contributed by atoms with Gasteiger partial charge in [-0.3, -0.25) is 4.98 Å². The fraction of sp³-hybridized carbons (Fsp3) is 0.154. The molecule has 2 rings (SSSR count). The Morgan fingerprint density at radius 1 is 1.35 bits per heavy atom. The summed E-state index contributed by atoms with van der Waals surface area (Å²) in [5.74, 6) is 0. The average Bonchev–Trinajstić information content (AvgIpc) is 2.41. The van der Waals surface area contributed by atoms with Crippen LogP contribution in [-0.2, 0) is 16.6 Å². The minimum Gasteiger partial charge on any atom is -0.398 e. The molecule has 1 heterocycles. The van der Waals surface area contributed by atoms with Crippen LogP contribution in [0.25, 0.3) is 0 Å². The highest BCUT2D eigenvalue weighted by Crippen LogP contribution is 2.23. The fourth-order valence-electron chi connectivity index (χ4n) is 1.61. The molecule has 0 aliphatic carbocycles. The number of rotatable bonds is 4. The van der Waals surface area contributed by atoms with Crippen LogP contribution in [0.2, 0.25) is 0 Å². The van der Waals surface area contributed by atoms with Crippen LogP contribution in [0.3, 0.4) is 0 Å². The van der Waals surface area contributed by atoms with Gasteiger partial charge in [0.1, 0.15) is 0 Å². The molecule has 1 aromatic heterocycles. The van der Waals surface area contributed by atoms with Crippen LogP contribution in [0.4, 0.5) is 5.69 Å². The van der Waals surface area contributed by atoms with E-state index in [1.165, 1.54) is 12.1 Å². The van der Waals surface area contributed by atoms with Crippen LogP contribution in [0.1, 0.15) is 11.1 Å². The number of hydrogen-bond donors (Lipinski definition) is 2. The van der Waals surface area contributed by atoms with Crippen LogP contribution in [-0.4, -0.2) is 13.4 Å². The average molecular weight is 356 g/mol. The van der Waals surface area contributed by atoms with E-state index in [2.05, 4.69) is 25.6 Å². The van der Waals surface area contributed by atoms with E-state index in [9.17, 15) is 8.42 Å². The van der Waals surface area contributed by atoms with Crippen molar-refractivity contribution in [2.45, 2.75) is 18.4 Å². The number of halogens is 1. The van der Waals surface area contributed by atoms with Crippen molar-refractivity contribution in [2.75, 3.05) is 5.73 Å². The van der Waals surface area contributed by atoms with Crippen molar-refractivity contribution in [1.29, 1.82) is 0 Å². The second-order valence-electron chi connectivity index (χ2n) is 4.31. The van der Waals surface area contributed by atoms with Crippen molar-refractivity contribution in [3.8, 4) is 0 Å². The van der Waals surface area contributed by atoms with Gasteiger partial charge in [0.2, 0.25) is 10.0 Å². The van der Waals surface area contributed by atoms with Gasteiger partial charge in [-0.25, -0.2) is 13.1 Å². The van der Waals surface area contributed by atoms with Crippen LogP contribution in [0.15, 0.2) is 46.0 Å². The highest BCUT2D eigenvalue weighted by molar-refractivity contribution is 9.10. The molecule has 7 heteroatoms. The summed E-state index contributed by atoms with van der Waals surface area (Å²) in [5, 5.41) is 0. The highest BCUT2D eigenvalue weighted by Gasteiger charge is 2.15. The first-order chi connectivity index (χ1) is 9.40. The zero-order chi connectivity index (χ0) is 14.8. The Labute approximate surface area is 126 Å². The van der Waals surface area contributed by atoms with E-state index >= 15 is 0 Å². The summed E-state index contributed by atoms with van der Waals surface area (Å²) >= 11 is 3.22. The second kappa shape index (κ2) is 5.90. The van der Waals surface area contributed by atoms with Crippen LogP contribution < -0.4 is 10.5 Å². The molecule has 0 saturated carbocycles.